The first-order valence-corrected chi connectivity index (χ1v) is 6.95. The van der Waals surface area contributed by atoms with Crippen LogP contribution < -0.4 is 16.6 Å². The monoisotopic (exact) mass is 271 g/mol. The minimum atomic E-state index is 0.665. The van der Waals surface area contributed by atoms with Gasteiger partial charge in [0, 0.05) is 11.3 Å². The smallest absolute Gasteiger partial charge is 0.148 e. The maximum Gasteiger partial charge on any atom is 0.148 e. The van der Waals surface area contributed by atoms with Crippen LogP contribution >= 0.6 is 0 Å². The summed E-state index contributed by atoms with van der Waals surface area (Å²) in [6.45, 7) is 4.23. The molecule has 1 heterocycles. The van der Waals surface area contributed by atoms with Gasteiger partial charge >= 0.3 is 0 Å². The highest BCUT2D eigenvalue weighted by Crippen LogP contribution is 2.26. The second-order valence-electron chi connectivity index (χ2n) is 4.58. The maximum atomic E-state index is 5.50. The Labute approximate surface area is 119 Å². The van der Waals surface area contributed by atoms with Crippen molar-refractivity contribution in [2.45, 2.75) is 33.1 Å². The molecule has 0 saturated carbocycles. The van der Waals surface area contributed by atoms with Gasteiger partial charge in [-0.1, -0.05) is 38.5 Å². The van der Waals surface area contributed by atoms with E-state index in [0.29, 0.717) is 5.82 Å². The number of nitrogens with zero attached hydrogens (tertiary/aromatic N) is 2. The van der Waals surface area contributed by atoms with Crippen LogP contribution in [-0.2, 0) is 12.8 Å². The Bertz CT molecular complexity index is 568. The zero-order chi connectivity index (χ0) is 14.4. The van der Waals surface area contributed by atoms with Gasteiger partial charge in [-0.2, -0.15) is 0 Å². The molecule has 0 saturated heterocycles. The van der Waals surface area contributed by atoms with Crippen molar-refractivity contribution in [3.05, 3.63) is 41.7 Å². The zero-order valence-electron chi connectivity index (χ0n) is 12.0. The molecule has 1 aromatic carbocycles. The quantitative estimate of drug-likeness (QED) is 0.556. The minimum absolute atomic E-state index is 0.665. The van der Waals surface area contributed by atoms with E-state index in [1.54, 1.807) is 0 Å². The van der Waals surface area contributed by atoms with E-state index in [1.807, 2.05) is 6.07 Å². The van der Waals surface area contributed by atoms with Crippen molar-refractivity contribution in [2.24, 2.45) is 5.84 Å². The summed E-state index contributed by atoms with van der Waals surface area (Å²) < 4.78 is 0. The van der Waals surface area contributed by atoms with Gasteiger partial charge in [-0.15, -0.1) is 0 Å². The molecular formula is C15H21N5. The maximum absolute atomic E-state index is 5.50. The number of benzene rings is 1. The molecule has 2 rings (SSSR count). The van der Waals surface area contributed by atoms with Crippen molar-refractivity contribution in [1.29, 1.82) is 0 Å². The third-order valence-corrected chi connectivity index (χ3v) is 3.23. The molecule has 2 aromatic rings. The summed E-state index contributed by atoms with van der Waals surface area (Å²) in [7, 11) is 0. The molecule has 0 aliphatic rings. The van der Waals surface area contributed by atoms with Crippen LogP contribution in [0.4, 0.5) is 17.3 Å². The number of para-hydroxylation sites is 1. The lowest BCUT2D eigenvalue weighted by molar-refractivity contribution is 0.922. The Morgan fingerprint density at radius 1 is 1.10 bits per heavy atom. The van der Waals surface area contributed by atoms with Crippen molar-refractivity contribution < 1.29 is 0 Å². The predicted molar refractivity (Wildman–Crippen MR) is 82.9 cm³/mol. The van der Waals surface area contributed by atoms with Crippen molar-refractivity contribution >= 4 is 17.3 Å². The number of nitrogens with one attached hydrogen (secondary N) is 2. The van der Waals surface area contributed by atoms with E-state index < -0.39 is 0 Å². The number of hydrazine groups is 1. The Morgan fingerprint density at radius 2 is 1.85 bits per heavy atom. The van der Waals surface area contributed by atoms with Crippen molar-refractivity contribution in [3.63, 3.8) is 0 Å². The Morgan fingerprint density at radius 3 is 2.55 bits per heavy atom. The Balaban J connectivity index is 2.35. The van der Waals surface area contributed by atoms with Crippen LogP contribution in [-0.4, -0.2) is 9.97 Å². The Hall–Kier alpha value is -2.14. The standard InChI is InChI=1S/C15H21N5/c1-3-7-11-8-5-6-9-13(11)19-14-12(4-2)15(20-16)18-10-17-14/h5-6,8-10H,3-4,7,16H2,1-2H3,(H2,17,18,19,20). The van der Waals surface area contributed by atoms with E-state index in [1.165, 1.54) is 11.9 Å². The first-order valence-electron chi connectivity index (χ1n) is 6.95. The highest BCUT2D eigenvalue weighted by molar-refractivity contribution is 5.66. The van der Waals surface area contributed by atoms with Crippen LogP contribution in [0, 0.1) is 0 Å². The van der Waals surface area contributed by atoms with Crippen molar-refractivity contribution in [3.8, 4) is 0 Å². The van der Waals surface area contributed by atoms with Crippen LogP contribution in [0.25, 0.3) is 0 Å². The summed E-state index contributed by atoms with van der Waals surface area (Å²) in [5.41, 5.74) is 5.99. The molecule has 0 aliphatic heterocycles. The average molecular weight is 271 g/mol. The molecule has 20 heavy (non-hydrogen) atoms. The summed E-state index contributed by atoms with van der Waals surface area (Å²) in [5.74, 6) is 6.97. The lowest BCUT2D eigenvalue weighted by Crippen LogP contribution is -2.13. The minimum Gasteiger partial charge on any atom is -0.340 e. The van der Waals surface area contributed by atoms with Crippen molar-refractivity contribution in [1.82, 2.24) is 9.97 Å². The molecule has 0 unspecified atom stereocenters. The normalized spacial score (nSPS) is 10.3. The highest BCUT2D eigenvalue weighted by atomic mass is 15.3. The molecule has 0 aliphatic carbocycles. The molecule has 1 aromatic heterocycles. The molecule has 0 amide bonds. The fourth-order valence-corrected chi connectivity index (χ4v) is 2.24. The van der Waals surface area contributed by atoms with Gasteiger partial charge in [0.2, 0.25) is 0 Å². The van der Waals surface area contributed by atoms with Crippen LogP contribution in [0.5, 0.6) is 0 Å². The average Bonchev–Trinajstić information content (AvgIpc) is 2.49. The second-order valence-corrected chi connectivity index (χ2v) is 4.58. The second kappa shape index (κ2) is 6.86. The summed E-state index contributed by atoms with van der Waals surface area (Å²) in [6, 6.07) is 8.29. The van der Waals surface area contributed by atoms with Gasteiger partial charge in [0.25, 0.3) is 0 Å². The van der Waals surface area contributed by atoms with Crippen LogP contribution in [0.2, 0.25) is 0 Å². The fraction of sp³-hybridized carbons (Fsp3) is 0.333. The van der Waals surface area contributed by atoms with E-state index in [-0.39, 0.29) is 0 Å². The highest BCUT2D eigenvalue weighted by Gasteiger charge is 2.10. The third kappa shape index (κ3) is 3.05. The third-order valence-electron chi connectivity index (χ3n) is 3.23. The zero-order valence-corrected chi connectivity index (χ0v) is 12.0. The fourth-order valence-electron chi connectivity index (χ4n) is 2.24. The first kappa shape index (κ1) is 14.3. The molecule has 0 spiro atoms. The molecule has 0 bridgehead atoms. The predicted octanol–water partition coefficient (Wildman–Crippen LogP) is 3.02. The largest absolute Gasteiger partial charge is 0.340 e. The SMILES string of the molecule is CCCc1ccccc1Nc1ncnc(NN)c1CC. The number of hydrogen-bond acceptors (Lipinski definition) is 5. The number of nitrogens with two attached hydrogens (primary N) is 1. The van der Waals surface area contributed by atoms with Gasteiger partial charge in [0.05, 0.1) is 0 Å². The summed E-state index contributed by atoms with van der Waals surface area (Å²) >= 11 is 0. The number of anilines is 3. The number of aromatic nitrogens is 2. The molecule has 0 radical (unpaired) electrons. The van der Waals surface area contributed by atoms with Gasteiger partial charge in [0.1, 0.15) is 18.0 Å². The van der Waals surface area contributed by atoms with E-state index in [0.717, 1.165) is 36.3 Å². The van der Waals surface area contributed by atoms with E-state index in [4.69, 9.17) is 5.84 Å². The molecule has 106 valence electrons. The van der Waals surface area contributed by atoms with Gasteiger partial charge < -0.3 is 10.7 Å². The van der Waals surface area contributed by atoms with Gasteiger partial charge in [0.15, 0.2) is 0 Å². The first-order chi connectivity index (χ1) is 9.80. The molecule has 0 atom stereocenters. The van der Waals surface area contributed by atoms with Crippen LogP contribution in [0.15, 0.2) is 30.6 Å². The summed E-state index contributed by atoms with van der Waals surface area (Å²) in [6.07, 6.45) is 4.47. The van der Waals surface area contributed by atoms with E-state index in [9.17, 15) is 0 Å². The van der Waals surface area contributed by atoms with Gasteiger partial charge in [-0.25, -0.2) is 15.8 Å². The lowest BCUT2D eigenvalue weighted by atomic mass is 10.1. The van der Waals surface area contributed by atoms with E-state index in [2.05, 4.69) is 52.8 Å². The summed E-state index contributed by atoms with van der Waals surface area (Å²) in [5, 5.41) is 3.40. The lowest BCUT2D eigenvalue weighted by Gasteiger charge is -2.15. The van der Waals surface area contributed by atoms with Gasteiger partial charge in [-0.05, 0) is 24.5 Å². The van der Waals surface area contributed by atoms with E-state index >= 15 is 0 Å². The number of hydrogen-bond donors (Lipinski definition) is 3. The van der Waals surface area contributed by atoms with Crippen LogP contribution in [0.3, 0.4) is 0 Å². The Kier molecular flexibility index (Phi) is 4.90. The number of rotatable bonds is 6. The molecule has 4 N–H and O–H groups in total. The molecular weight excluding hydrogens is 250 g/mol. The topological polar surface area (TPSA) is 75.9 Å². The number of nitrogen functional groups attached to an aromatic ring is 1. The van der Waals surface area contributed by atoms with Gasteiger partial charge in [-0.3, -0.25) is 0 Å². The molecule has 5 heteroatoms. The molecule has 5 nitrogen and oxygen atoms in total. The molecule has 0 fully saturated rings. The van der Waals surface area contributed by atoms with Crippen LogP contribution in [0.1, 0.15) is 31.4 Å². The summed E-state index contributed by atoms with van der Waals surface area (Å²) in [4.78, 5) is 8.48. The van der Waals surface area contributed by atoms with Crippen molar-refractivity contribution in [2.75, 3.05) is 10.7 Å². The number of aryl methyl sites for hydroxylation is 1.